The number of allylic oxidation sites excluding steroid dienone is 2. The number of nitrogens with zero attached hydrogens (tertiary/aromatic N) is 2. The van der Waals surface area contributed by atoms with E-state index in [1.54, 1.807) is 0 Å². The maximum absolute atomic E-state index is 11.7. The van der Waals surface area contributed by atoms with Gasteiger partial charge in [0.25, 0.3) is 0 Å². The molecule has 4 nitrogen and oxygen atoms in total. The molecular weight excluding hydrogens is 769 g/mol. The fourth-order valence-corrected chi connectivity index (χ4v) is 7.35. The van der Waals surface area contributed by atoms with Gasteiger partial charge in [-0.3, -0.25) is 9.78 Å². The van der Waals surface area contributed by atoms with Gasteiger partial charge in [0.05, 0.1) is 5.76 Å². The Balaban J connectivity index is 0.000000243. The molecule has 3 aromatic heterocycles. The number of benzene rings is 4. The van der Waals surface area contributed by atoms with E-state index in [1.165, 1.54) is 55.1 Å². The Hall–Kier alpha value is -3.79. The Morgan fingerprint density at radius 1 is 0.854 bits per heavy atom. The molecule has 0 aliphatic carbocycles. The second kappa shape index (κ2) is 14.4. The molecule has 0 spiro atoms. The Morgan fingerprint density at radius 2 is 1.52 bits per heavy atom. The Labute approximate surface area is 297 Å². The van der Waals surface area contributed by atoms with Crippen molar-refractivity contribution in [2.45, 2.75) is 80.6 Å². The van der Waals surface area contributed by atoms with Gasteiger partial charge in [0.2, 0.25) is 0 Å². The van der Waals surface area contributed by atoms with Crippen LogP contribution in [0.5, 0.6) is 0 Å². The number of fused-ring (bicyclic) bond motifs is 7. The molecular formula is C43H47IrN2O2-. The zero-order valence-electron chi connectivity index (χ0n) is 29.3. The van der Waals surface area contributed by atoms with Gasteiger partial charge >= 0.3 is 0 Å². The Morgan fingerprint density at radius 3 is 2.21 bits per heavy atom. The van der Waals surface area contributed by atoms with E-state index in [-0.39, 0.29) is 48.9 Å². The molecule has 4 aromatic carbocycles. The van der Waals surface area contributed by atoms with Gasteiger partial charge in [-0.2, -0.15) is 0 Å². The molecule has 0 saturated heterocycles. The average Bonchev–Trinajstić information content (AvgIpc) is 3.41. The summed E-state index contributed by atoms with van der Waals surface area (Å²) in [5, 5.41) is 18.4. The van der Waals surface area contributed by atoms with E-state index < -0.39 is 0 Å². The summed E-state index contributed by atoms with van der Waals surface area (Å²) in [6.07, 6.45) is 7.89. The number of hydrogen-bond acceptors (Lipinski definition) is 3. The average molecular weight is 816 g/mol. The van der Waals surface area contributed by atoms with Gasteiger partial charge in [-0.05, 0) is 71.5 Å². The third-order valence-electron chi connectivity index (χ3n) is 9.79. The Kier molecular flexibility index (Phi) is 10.6. The molecule has 7 rings (SSSR count). The van der Waals surface area contributed by atoms with E-state index in [4.69, 9.17) is 4.98 Å². The van der Waals surface area contributed by atoms with Crippen molar-refractivity contribution >= 4 is 65.6 Å². The molecule has 0 saturated carbocycles. The smallest absolute Gasteiger partial charge is 0.162 e. The first-order valence-corrected chi connectivity index (χ1v) is 17.3. The fourth-order valence-electron chi connectivity index (χ4n) is 7.35. The van der Waals surface area contributed by atoms with Crippen LogP contribution in [0.4, 0.5) is 0 Å². The number of hydrogen-bond donors (Lipinski definition) is 1. The Bertz CT molecular complexity index is 2250. The predicted molar refractivity (Wildman–Crippen MR) is 200 cm³/mol. The topological polar surface area (TPSA) is 54.6 Å². The molecule has 48 heavy (non-hydrogen) atoms. The minimum Gasteiger partial charge on any atom is -0.512 e. The van der Waals surface area contributed by atoms with E-state index in [2.05, 4.69) is 98.0 Å². The van der Waals surface area contributed by atoms with Gasteiger partial charge in [0.1, 0.15) is 0 Å². The molecule has 0 fully saturated rings. The first-order chi connectivity index (χ1) is 22.6. The van der Waals surface area contributed by atoms with Gasteiger partial charge in [-0.1, -0.05) is 108 Å². The standard InChI is InChI=1S/C30H23N2.C13H24O2.Ir/c1-30(2,3)17-21-14-20-12-13-31-28-23-15-18-8-4-5-9-19(18)16-25(23)32-24-11-7-6-10-22(24)26(21)29(32)27(20)28;1-5-10(6-2)12(14)9-13(15)11(7-3)8-4;/h4-14,16H,17H2,1-3H3;9-11,14H,5-8H2,1-4H3;/q-1;;/b;12-9-;. The first kappa shape index (κ1) is 35.5. The van der Waals surface area contributed by atoms with Crippen LogP contribution < -0.4 is 0 Å². The van der Waals surface area contributed by atoms with Crippen molar-refractivity contribution in [3.63, 3.8) is 0 Å². The van der Waals surface area contributed by atoms with Crippen LogP contribution in [0, 0.1) is 23.3 Å². The number of carbonyl (C=O) groups is 1. The second-order valence-electron chi connectivity index (χ2n) is 14.2. The SMILES string of the molecule is CC(C)(C)Cc1cc2ccnc3c4[c-]c5ccccc5cc4n4c5ccccc5c1c4c23.CCC(CC)C(=O)/C=C(\O)C(CC)CC.[Ir]. The molecule has 0 atom stereocenters. The maximum atomic E-state index is 11.7. The molecule has 0 amide bonds. The molecule has 251 valence electrons. The molecule has 0 bridgehead atoms. The van der Waals surface area contributed by atoms with Crippen LogP contribution in [0.3, 0.4) is 0 Å². The van der Waals surface area contributed by atoms with Gasteiger partial charge in [-0.15, -0.1) is 17.5 Å². The van der Waals surface area contributed by atoms with E-state index in [9.17, 15) is 9.90 Å². The van der Waals surface area contributed by atoms with Crippen LogP contribution in [-0.4, -0.2) is 20.3 Å². The van der Waals surface area contributed by atoms with Crippen LogP contribution in [0.15, 0.2) is 84.8 Å². The normalized spacial score (nSPS) is 12.6. The summed E-state index contributed by atoms with van der Waals surface area (Å²) in [5.74, 6) is 0.547. The molecule has 1 N–H and O–H groups in total. The summed E-state index contributed by atoms with van der Waals surface area (Å²) in [6, 6.07) is 27.9. The summed E-state index contributed by atoms with van der Waals surface area (Å²) >= 11 is 0. The number of ketones is 1. The minimum absolute atomic E-state index is 0. The number of aliphatic hydroxyl groups is 1. The number of aliphatic hydroxyl groups excluding tert-OH is 1. The monoisotopic (exact) mass is 816 g/mol. The summed E-state index contributed by atoms with van der Waals surface area (Å²) in [6.45, 7) is 15.0. The van der Waals surface area contributed by atoms with E-state index in [1.807, 2.05) is 33.9 Å². The third-order valence-corrected chi connectivity index (χ3v) is 9.79. The van der Waals surface area contributed by atoms with Crippen LogP contribution in [0.2, 0.25) is 0 Å². The van der Waals surface area contributed by atoms with Gasteiger partial charge in [0.15, 0.2) is 5.78 Å². The molecule has 1 radical (unpaired) electrons. The number of carbonyl (C=O) groups excluding carboxylic acids is 1. The van der Waals surface area contributed by atoms with E-state index >= 15 is 0 Å². The second-order valence-corrected chi connectivity index (χ2v) is 14.2. The van der Waals surface area contributed by atoms with E-state index in [0.29, 0.717) is 0 Å². The molecule has 7 aromatic rings. The van der Waals surface area contributed by atoms with Gasteiger partial charge in [0, 0.05) is 71.5 Å². The minimum atomic E-state index is 0. The van der Waals surface area contributed by atoms with Gasteiger partial charge in [-0.25, -0.2) is 0 Å². The fraction of sp³-hybridized carbons (Fsp3) is 0.349. The van der Waals surface area contributed by atoms with Crippen molar-refractivity contribution in [3.05, 3.63) is 96.4 Å². The number of para-hydroxylation sites is 1. The van der Waals surface area contributed by atoms with Crippen LogP contribution in [-0.2, 0) is 31.3 Å². The van der Waals surface area contributed by atoms with Crippen molar-refractivity contribution in [1.29, 1.82) is 0 Å². The van der Waals surface area contributed by atoms with Crippen molar-refractivity contribution in [2.75, 3.05) is 0 Å². The molecule has 0 aliphatic heterocycles. The summed E-state index contributed by atoms with van der Waals surface area (Å²) in [5.41, 5.74) is 6.39. The van der Waals surface area contributed by atoms with E-state index in [0.717, 1.165) is 48.4 Å². The van der Waals surface area contributed by atoms with Crippen LogP contribution >= 0.6 is 0 Å². The molecule has 0 unspecified atom stereocenters. The first-order valence-electron chi connectivity index (χ1n) is 17.3. The summed E-state index contributed by atoms with van der Waals surface area (Å²) in [4.78, 5) is 16.6. The van der Waals surface area contributed by atoms with Crippen LogP contribution in [0.25, 0.3) is 59.8 Å². The van der Waals surface area contributed by atoms with Crippen LogP contribution in [0.1, 0.15) is 79.7 Å². The summed E-state index contributed by atoms with van der Waals surface area (Å²) in [7, 11) is 0. The maximum Gasteiger partial charge on any atom is 0.162 e. The largest absolute Gasteiger partial charge is 0.512 e. The van der Waals surface area contributed by atoms with Crippen molar-refractivity contribution in [2.24, 2.45) is 17.3 Å². The number of rotatable bonds is 8. The quantitative estimate of drug-likeness (QED) is 0.0546. The predicted octanol–water partition coefficient (Wildman–Crippen LogP) is 11.8. The molecule has 3 heterocycles. The zero-order valence-corrected chi connectivity index (χ0v) is 31.7. The molecule has 0 aliphatic rings. The zero-order chi connectivity index (χ0) is 33.5. The van der Waals surface area contributed by atoms with Crippen molar-refractivity contribution in [1.82, 2.24) is 9.38 Å². The molecule has 5 heteroatoms. The van der Waals surface area contributed by atoms with Crippen molar-refractivity contribution < 1.29 is 30.0 Å². The van der Waals surface area contributed by atoms with Gasteiger partial charge < -0.3 is 9.51 Å². The third kappa shape index (κ3) is 6.48. The number of pyridine rings is 2. The number of aromatic nitrogens is 2. The summed E-state index contributed by atoms with van der Waals surface area (Å²) < 4.78 is 2.46. The van der Waals surface area contributed by atoms with Crippen molar-refractivity contribution in [3.8, 4) is 0 Å².